The zero-order chi connectivity index (χ0) is 27.0. The van der Waals surface area contributed by atoms with Crippen LogP contribution in [-0.4, -0.2) is 82.6 Å². The summed E-state index contributed by atoms with van der Waals surface area (Å²) in [6.45, 7) is 3.98. The van der Waals surface area contributed by atoms with Crippen LogP contribution in [0.15, 0.2) is 49.1 Å². The van der Waals surface area contributed by atoms with Gasteiger partial charge in [0.05, 0.1) is 24.2 Å². The largest absolute Gasteiger partial charge is 0.379 e. The lowest BCUT2D eigenvalue weighted by molar-refractivity contribution is -0.140. The third-order valence-electron chi connectivity index (χ3n) is 7.57. The molecule has 5 rings (SSSR count). The molecule has 1 fully saturated rings. The van der Waals surface area contributed by atoms with Crippen molar-refractivity contribution in [1.82, 2.24) is 30.5 Å². The number of rotatable bonds is 8. The molecule has 0 spiro atoms. The highest BCUT2D eigenvalue weighted by atomic mass is 19.1. The Hall–Kier alpha value is -3.83. The summed E-state index contributed by atoms with van der Waals surface area (Å²) in [5.41, 5.74) is 2.43. The summed E-state index contributed by atoms with van der Waals surface area (Å²) in [5, 5.41) is 6.64. The maximum Gasteiger partial charge on any atom is 0.248 e. The van der Waals surface area contributed by atoms with E-state index in [-0.39, 0.29) is 29.7 Å². The lowest BCUT2D eigenvalue weighted by Crippen LogP contribution is -2.58. The lowest BCUT2D eigenvalue weighted by atomic mass is 9.96. The van der Waals surface area contributed by atoms with Crippen LogP contribution in [-0.2, 0) is 14.3 Å². The fourth-order valence-electron chi connectivity index (χ4n) is 5.31. The van der Waals surface area contributed by atoms with Crippen molar-refractivity contribution in [1.29, 1.82) is 0 Å². The Morgan fingerprint density at radius 1 is 1.24 bits per heavy atom. The highest BCUT2D eigenvalue weighted by molar-refractivity contribution is 5.98. The van der Waals surface area contributed by atoms with Crippen LogP contribution >= 0.6 is 0 Å². The van der Waals surface area contributed by atoms with E-state index in [1.54, 1.807) is 45.4 Å². The molecular weight excluding hydrogens is 489 g/mol. The van der Waals surface area contributed by atoms with Crippen molar-refractivity contribution in [2.24, 2.45) is 0 Å². The van der Waals surface area contributed by atoms with E-state index in [1.807, 2.05) is 22.2 Å². The third-order valence-corrected chi connectivity index (χ3v) is 7.57. The van der Waals surface area contributed by atoms with Crippen LogP contribution < -0.4 is 15.5 Å². The van der Waals surface area contributed by atoms with Gasteiger partial charge in [-0.2, -0.15) is 0 Å². The average Bonchev–Trinajstić information content (AvgIpc) is 3.64. The molecule has 2 aliphatic rings. The quantitative estimate of drug-likeness (QED) is 0.416. The second kappa shape index (κ2) is 10.5. The highest BCUT2D eigenvalue weighted by Gasteiger charge is 2.49. The van der Waals surface area contributed by atoms with Crippen LogP contribution in [0.2, 0.25) is 0 Å². The minimum absolute atomic E-state index is 0.104. The number of halogens is 1. The number of aromatic nitrogens is 3. The van der Waals surface area contributed by atoms with E-state index in [2.05, 4.69) is 25.6 Å². The number of amides is 2. The number of H-pyrrole nitrogens is 1. The molecule has 11 heteroatoms. The zero-order valence-electron chi connectivity index (χ0n) is 21.8. The summed E-state index contributed by atoms with van der Waals surface area (Å²) in [6, 6.07) is 4.60. The van der Waals surface area contributed by atoms with Crippen molar-refractivity contribution in [3.05, 3.63) is 60.4 Å². The molecule has 1 saturated heterocycles. The molecule has 10 nitrogen and oxygen atoms in total. The van der Waals surface area contributed by atoms with Gasteiger partial charge in [0, 0.05) is 60.5 Å². The van der Waals surface area contributed by atoms with Gasteiger partial charge in [0.15, 0.2) is 0 Å². The number of anilines is 1. The van der Waals surface area contributed by atoms with Gasteiger partial charge in [-0.1, -0.05) is 0 Å². The number of nitrogens with one attached hydrogen (secondary N) is 3. The summed E-state index contributed by atoms with van der Waals surface area (Å²) >= 11 is 0. The first-order valence-corrected chi connectivity index (χ1v) is 12.7. The number of fused-ring (bicyclic) bond motifs is 2. The number of carbonyl (C=O) groups is 2. The highest BCUT2D eigenvalue weighted by Crippen LogP contribution is 2.43. The summed E-state index contributed by atoms with van der Waals surface area (Å²) < 4.78 is 19.4. The van der Waals surface area contributed by atoms with Gasteiger partial charge in [0.1, 0.15) is 11.9 Å². The monoisotopic (exact) mass is 521 g/mol. The van der Waals surface area contributed by atoms with Crippen molar-refractivity contribution in [2.75, 3.05) is 25.6 Å². The van der Waals surface area contributed by atoms with Gasteiger partial charge >= 0.3 is 0 Å². The predicted molar refractivity (Wildman–Crippen MR) is 142 cm³/mol. The summed E-state index contributed by atoms with van der Waals surface area (Å²) in [4.78, 5) is 42.7. The smallest absolute Gasteiger partial charge is 0.248 e. The number of likely N-dealkylation sites (tertiary alicyclic amines) is 1. The molecular formula is C27H32FN7O3. The Kier molecular flexibility index (Phi) is 7.13. The minimum Gasteiger partial charge on any atom is -0.379 e. The van der Waals surface area contributed by atoms with Crippen LogP contribution in [0, 0.1) is 5.82 Å². The molecule has 2 amide bonds. The SMILES string of the molecule is CNC(C)C(=O)NC(C(=O)N1CCC2C1C(c1c[nH]c3cc(F)ccc13)=CN2c1ncccn1)C(C)OC. The predicted octanol–water partition coefficient (Wildman–Crippen LogP) is 2.06. The van der Waals surface area contributed by atoms with Gasteiger partial charge in [-0.3, -0.25) is 9.59 Å². The normalized spacial score (nSPS) is 21.2. The molecule has 0 aliphatic carbocycles. The standard InChI is InChI=1S/C27H32FN7O3/c1-15(29-3)25(36)33-23(16(2)38-4)26(37)34-11-8-22-24(34)20(14-35(22)27-30-9-5-10-31-27)19-13-32-21-12-17(28)6-7-18(19)21/h5-7,9-10,12-16,22-24,29,32H,8,11H2,1-4H3,(H,33,36). The molecule has 5 unspecified atom stereocenters. The lowest BCUT2D eigenvalue weighted by Gasteiger charge is -2.33. The van der Waals surface area contributed by atoms with E-state index in [0.29, 0.717) is 24.4 Å². The van der Waals surface area contributed by atoms with Crippen LogP contribution in [0.1, 0.15) is 25.8 Å². The van der Waals surface area contributed by atoms with Gasteiger partial charge < -0.3 is 30.2 Å². The van der Waals surface area contributed by atoms with Gasteiger partial charge in [0.2, 0.25) is 17.8 Å². The van der Waals surface area contributed by atoms with Crippen molar-refractivity contribution >= 4 is 34.2 Å². The Bertz CT molecular complexity index is 1360. The molecule has 0 saturated carbocycles. The molecule has 0 radical (unpaired) electrons. The van der Waals surface area contributed by atoms with Crippen molar-refractivity contribution in [3.63, 3.8) is 0 Å². The molecule has 200 valence electrons. The van der Waals surface area contributed by atoms with Crippen molar-refractivity contribution in [3.8, 4) is 0 Å². The first-order valence-electron chi connectivity index (χ1n) is 12.7. The molecule has 0 bridgehead atoms. The Balaban J connectivity index is 1.54. The third kappa shape index (κ3) is 4.52. The second-order valence-corrected chi connectivity index (χ2v) is 9.70. The number of carbonyl (C=O) groups excluding carboxylic acids is 2. The van der Waals surface area contributed by atoms with Gasteiger partial charge in [-0.25, -0.2) is 14.4 Å². The van der Waals surface area contributed by atoms with E-state index >= 15 is 0 Å². The summed E-state index contributed by atoms with van der Waals surface area (Å²) in [7, 11) is 3.21. The number of hydrogen-bond acceptors (Lipinski definition) is 7. The fraction of sp³-hybridized carbons (Fsp3) is 0.407. The van der Waals surface area contributed by atoms with Crippen molar-refractivity contribution < 1.29 is 18.7 Å². The van der Waals surface area contributed by atoms with Gasteiger partial charge in [-0.05, 0) is 51.6 Å². The van der Waals surface area contributed by atoms with E-state index in [0.717, 1.165) is 16.5 Å². The average molecular weight is 522 g/mol. The molecule has 5 atom stereocenters. The van der Waals surface area contributed by atoms with E-state index < -0.39 is 18.2 Å². The molecule has 2 aliphatic heterocycles. The first-order chi connectivity index (χ1) is 18.3. The summed E-state index contributed by atoms with van der Waals surface area (Å²) in [5.74, 6) is -0.304. The van der Waals surface area contributed by atoms with Crippen LogP contribution in [0.3, 0.4) is 0 Å². The number of ether oxygens (including phenoxy) is 1. The molecule has 2 aromatic heterocycles. The molecule has 4 heterocycles. The van der Waals surface area contributed by atoms with Crippen LogP contribution in [0.25, 0.3) is 16.5 Å². The van der Waals surface area contributed by atoms with E-state index in [9.17, 15) is 14.0 Å². The van der Waals surface area contributed by atoms with E-state index in [1.165, 1.54) is 19.2 Å². The van der Waals surface area contributed by atoms with E-state index in [4.69, 9.17) is 4.74 Å². The number of methoxy groups -OCH3 is 1. The molecule has 1 aromatic carbocycles. The topological polar surface area (TPSA) is 115 Å². The maximum absolute atomic E-state index is 14.1. The minimum atomic E-state index is -0.873. The zero-order valence-corrected chi connectivity index (χ0v) is 21.8. The Morgan fingerprint density at radius 3 is 2.71 bits per heavy atom. The molecule has 3 N–H and O–H groups in total. The van der Waals surface area contributed by atoms with Crippen LogP contribution in [0.5, 0.6) is 0 Å². The number of likely N-dealkylation sites (N-methyl/N-ethyl adjacent to an activating group) is 1. The Morgan fingerprint density at radius 2 is 2.00 bits per heavy atom. The van der Waals surface area contributed by atoms with Gasteiger partial charge in [-0.15, -0.1) is 0 Å². The second-order valence-electron chi connectivity index (χ2n) is 9.70. The number of nitrogens with zero attached hydrogens (tertiary/aromatic N) is 4. The summed E-state index contributed by atoms with van der Waals surface area (Å²) in [6.07, 6.45) is 7.32. The van der Waals surface area contributed by atoms with Gasteiger partial charge in [0.25, 0.3) is 0 Å². The Labute approximate surface area is 220 Å². The molecule has 3 aromatic rings. The maximum atomic E-state index is 14.1. The molecule has 38 heavy (non-hydrogen) atoms. The first kappa shape index (κ1) is 25.8. The number of hydrogen-bond donors (Lipinski definition) is 3. The number of benzene rings is 1. The van der Waals surface area contributed by atoms with Crippen LogP contribution in [0.4, 0.5) is 10.3 Å². The fourth-order valence-corrected chi connectivity index (χ4v) is 5.31. The van der Waals surface area contributed by atoms with Crippen molar-refractivity contribution in [2.45, 2.75) is 50.5 Å². The number of aromatic amines is 1.